The lowest BCUT2D eigenvalue weighted by Crippen LogP contribution is -2.16. The zero-order valence-electron chi connectivity index (χ0n) is 12.6. The van der Waals surface area contributed by atoms with Crippen LogP contribution in [0.5, 0.6) is 0 Å². The van der Waals surface area contributed by atoms with Crippen molar-refractivity contribution in [2.75, 3.05) is 5.32 Å². The maximum atomic E-state index is 13.7. The molecule has 1 aliphatic rings. The van der Waals surface area contributed by atoms with Gasteiger partial charge in [0.05, 0.1) is 22.5 Å². The van der Waals surface area contributed by atoms with Crippen LogP contribution in [0.2, 0.25) is 0 Å². The molecule has 1 amide bonds. The Bertz CT molecular complexity index is 909. The monoisotopic (exact) mass is 310 g/mol. The van der Waals surface area contributed by atoms with Gasteiger partial charge in [-0.15, -0.1) is 0 Å². The molecule has 2 N–H and O–H groups in total. The predicted molar refractivity (Wildman–Crippen MR) is 84.8 cm³/mol. The molecule has 4 rings (SSSR count). The lowest BCUT2D eigenvalue weighted by molar-refractivity contribution is 0.102. The van der Waals surface area contributed by atoms with Crippen LogP contribution in [-0.4, -0.2) is 20.4 Å². The molecule has 5 nitrogen and oxygen atoms in total. The number of imidazole rings is 1. The number of aryl methyl sites for hydroxylation is 3. The minimum absolute atomic E-state index is 0.169. The predicted octanol–water partition coefficient (Wildman–Crippen LogP) is 3.13. The fourth-order valence-corrected chi connectivity index (χ4v) is 3.00. The Morgan fingerprint density at radius 1 is 1.39 bits per heavy atom. The molecular weight excluding hydrogens is 295 g/mol. The number of anilines is 1. The maximum Gasteiger partial charge on any atom is 0.258 e. The number of hydrogen-bond donors (Lipinski definition) is 2. The number of hydrogen-bond acceptors (Lipinski definition) is 2. The number of nitrogens with one attached hydrogen (secondary N) is 2. The molecule has 1 aliphatic heterocycles. The zero-order valence-corrected chi connectivity index (χ0v) is 12.6. The van der Waals surface area contributed by atoms with Gasteiger partial charge in [0.2, 0.25) is 0 Å². The highest BCUT2D eigenvalue weighted by Gasteiger charge is 2.26. The van der Waals surface area contributed by atoms with Crippen molar-refractivity contribution in [3.8, 4) is 11.4 Å². The number of benzene rings is 1. The molecule has 0 atom stereocenters. The normalized spacial score (nSPS) is 12.6. The van der Waals surface area contributed by atoms with Crippen LogP contribution in [0.4, 0.5) is 10.1 Å². The number of carbonyl (C=O) groups is 1. The van der Waals surface area contributed by atoms with E-state index in [1.807, 2.05) is 17.7 Å². The Morgan fingerprint density at radius 3 is 3.04 bits per heavy atom. The Labute approximate surface area is 132 Å². The molecule has 0 unspecified atom stereocenters. The number of rotatable bonds is 2. The molecule has 0 saturated carbocycles. The zero-order chi connectivity index (χ0) is 16.0. The van der Waals surface area contributed by atoms with Crippen LogP contribution in [0.3, 0.4) is 0 Å². The summed E-state index contributed by atoms with van der Waals surface area (Å²) in [4.78, 5) is 20.3. The van der Waals surface area contributed by atoms with Crippen molar-refractivity contribution in [3.63, 3.8) is 0 Å². The van der Waals surface area contributed by atoms with Crippen molar-refractivity contribution in [2.45, 2.75) is 19.9 Å². The second-order valence-corrected chi connectivity index (χ2v) is 5.64. The Hall–Kier alpha value is -2.89. The van der Waals surface area contributed by atoms with Gasteiger partial charge in [0.25, 0.3) is 5.91 Å². The van der Waals surface area contributed by atoms with E-state index in [4.69, 9.17) is 0 Å². The van der Waals surface area contributed by atoms with Crippen LogP contribution in [-0.2, 0) is 13.0 Å². The minimum Gasteiger partial charge on any atom is -0.364 e. The SMILES string of the molecule is Cc1cn2c(n1)-c1c(C(=O)Nc3ccccc3F)c[nH]c1CC2. The third kappa shape index (κ3) is 2.23. The Balaban J connectivity index is 1.73. The van der Waals surface area contributed by atoms with E-state index >= 15 is 0 Å². The summed E-state index contributed by atoms with van der Waals surface area (Å²) < 4.78 is 15.8. The molecule has 0 bridgehead atoms. The highest BCUT2D eigenvalue weighted by atomic mass is 19.1. The van der Waals surface area contributed by atoms with Crippen LogP contribution < -0.4 is 5.32 Å². The molecule has 0 saturated heterocycles. The maximum absolute atomic E-state index is 13.7. The first-order chi connectivity index (χ1) is 11.1. The summed E-state index contributed by atoms with van der Waals surface area (Å²) in [5.74, 6) is -0.0204. The highest BCUT2D eigenvalue weighted by Crippen LogP contribution is 2.32. The average molecular weight is 310 g/mol. The van der Waals surface area contributed by atoms with Gasteiger partial charge < -0.3 is 14.9 Å². The number of aromatic amines is 1. The standard InChI is InChI=1S/C17H15FN4O/c1-10-9-22-7-6-14-15(16(22)20-10)11(8-19-14)17(23)21-13-5-3-2-4-12(13)18/h2-5,8-9,19H,6-7H2,1H3,(H,21,23). The topological polar surface area (TPSA) is 62.7 Å². The van der Waals surface area contributed by atoms with Crippen molar-refractivity contribution in [1.29, 1.82) is 0 Å². The van der Waals surface area contributed by atoms with Gasteiger partial charge in [0.1, 0.15) is 11.6 Å². The fraction of sp³-hybridized carbons (Fsp3) is 0.176. The third-order valence-corrected chi connectivity index (χ3v) is 4.05. The van der Waals surface area contributed by atoms with E-state index < -0.39 is 5.82 Å². The summed E-state index contributed by atoms with van der Waals surface area (Å²) in [7, 11) is 0. The van der Waals surface area contributed by atoms with Crippen LogP contribution in [0, 0.1) is 12.7 Å². The van der Waals surface area contributed by atoms with Crippen molar-refractivity contribution in [2.24, 2.45) is 0 Å². The van der Waals surface area contributed by atoms with E-state index in [1.54, 1.807) is 18.3 Å². The average Bonchev–Trinajstić information content (AvgIpc) is 3.11. The van der Waals surface area contributed by atoms with Crippen LogP contribution in [0.1, 0.15) is 21.7 Å². The lowest BCUT2D eigenvalue weighted by atomic mass is 10.0. The molecule has 6 heteroatoms. The van der Waals surface area contributed by atoms with E-state index in [2.05, 4.69) is 15.3 Å². The molecule has 0 radical (unpaired) electrons. The second-order valence-electron chi connectivity index (χ2n) is 5.64. The van der Waals surface area contributed by atoms with E-state index in [-0.39, 0.29) is 11.6 Å². The van der Waals surface area contributed by atoms with Gasteiger partial charge in [0, 0.05) is 31.1 Å². The molecule has 1 aromatic carbocycles. The number of fused-ring (bicyclic) bond motifs is 3. The number of para-hydroxylation sites is 1. The molecule has 23 heavy (non-hydrogen) atoms. The van der Waals surface area contributed by atoms with Crippen molar-refractivity contribution in [1.82, 2.24) is 14.5 Å². The van der Waals surface area contributed by atoms with Gasteiger partial charge in [-0.1, -0.05) is 12.1 Å². The number of H-pyrrole nitrogens is 1. The molecule has 116 valence electrons. The van der Waals surface area contributed by atoms with Crippen molar-refractivity contribution in [3.05, 3.63) is 59.4 Å². The lowest BCUT2D eigenvalue weighted by Gasteiger charge is -2.15. The van der Waals surface area contributed by atoms with Gasteiger partial charge in [-0.2, -0.15) is 0 Å². The van der Waals surface area contributed by atoms with Gasteiger partial charge in [-0.25, -0.2) is 9.37 Å². The largest absolute Gasteiger partial charge is 0.364 e. The summed E-state index contributed by atoms with van der Waals surface area (Å²) in [6.07, 6.45) is 4.45. The Morgan fingerprint density at radius 2 is 2.22 bits per heavy atom. The number of amides is 1. The number of nitrogens with zero attached hydrogens (tertiary/aromatic N) is 2. The van der Waals surface area contributed by atoms with E-state index in [1.165, 1.54) is 12.1 Å². The quantitative estimate of drug-likeness (QED) is 0.764. The summed E-state index contributed by atoms with van der Waals surface area (Å²) in [5.41, 5.74) is 3.35. The summed E-state index contributed by atoms with van der Waals surface area (Å²) in [5, 5.41) is 2.63. The molecule has 0 aliphatic carbocycles. The summed E-state index contributed by atoms with van der Waals surface area (Å²) in [6.45, 7) is 2.76. The van der Waals surface area contributed by atoms with Crippen LogP contribution >= 0.6 is 0 Å². The van der Waals surface area contributed by atoms with E-state index in [0.29, 0.717) is 5.56 Å². The number of halogens is 1. The first kappa shape index (κ1) is 13.8. The van der Waals surface area contributed by atoms with Gasteiger partial charge in [-0.3, -0.25) is 4.79 Å². The van der Waals surface area contributed by atoms with Gasteiger partial charge in [0.15, 0.2) is 0 Å². The molecule has 3 heterocycles. The van der Waals surface area contributed by atoms with Gasteiger partial charge >= 0.3 is 0 Å². The first-order valence-corrected chi connectivity index (χ1v) is 7.44. The molecule has 0 fully saturated rings. The summed E-state index contributed by atoms with van der Waals surface area (Å²) >= 11 is 0. The Kier molecular flexibility index (Phi) is 3.04. The van der Waals surface area contributed by atoms with Crippen molar-refractivity contribution >= 4 is 11.6 Å². The van der Waals surface area contributed by atoms with E-state index in [0.717, 1.165) is 35.7 Å². The fourth-order valence-electron chi connectivity index (χ4n) is 3.00. The second kappa shape index (κ2) is 5.08. The van der Waals surface area contributed by atoms with Crippen LogP contribution in [0.15, 0.2) is 36.7 Å². The number of aromatic nitrogens is 3. The first-order valence-electron chi connectivity index (χ1n) is 7.44. The highest BCUT2D eigenvalue weighted by molar-refractivity contribution is 6.08. The van der Waals surface area contributed by atoms with E-state index in [9.17, 15) is 9.18 Å². The molecule has 0 spiro atoms. The third-order valence-electron chi connectivity index (χ3n) is 4.05. The smallest absolute Gasteiger partial charge is 0.258 e. The molecular formula is C17H15FN4O. The van der Waals surface area contributed by atoms with Crippen molar-refractivity contribution < 1.29 is 9.18 Å². The minimum atomic E-state index is -0.456. The number of carbonyl (C=O) groups excluding carboxylic acids is 1. The van der Waals surface area contributed by atoms with Gasteiger partial charge in [-0.05, 0) is 19.1 Å². The summed E-state index contributed by atoms with van der Waals surface area (Å²) in [6, 6.07) is 6.12. The molecule has 2 aromatic heterocycles. The molecule has 3 aromatic rings. The van der Waals surface area contributed by atoms with Crippen LogP contribution in [0.25, 0.3) is 11.4 Å².